The molecule has 29 heavy (non-hydrogen) atoms. The molecule has 0 bridgehead atoms. The molecule has 0 amide bonds. The molecule has 0 unspecified atom stereocenters. The average molecular weight is 409 g/mol. The molecule has 0 atom stereocenters. The number of halogens is 1. The molecule has 8 heteroatoms. The summed E-state index contributed by atoms with van der Waals surface area (Å²) in [5.41, 5.74) is 1.77. The van der Waals surface area contributed by atoms with E-state index < -0.39 is 5.97 Å². The number of aromatic nitrogens is 3. The van der Waals surface area contributed by atoms with Crippen LogP contribution in [-0.2, 0) is 13.0 Å². The van der Waals surface area contributed by atoms with Crippen LogP contribution in [0.25, 0.3) is 16.7 Å². The van der Waals surface area contributed by atoms with Gasteiger partial charge in [-0.3, -0.25) is 14.6 Å². The van der Waals surface area contributed by atoms with Crippen LogP contribution in [0.15, 0.2) is 53.5 Å². The van der Waals surface area contributed by atoms with Crippen molar-refractivity contribution < 1.29 is 9.90 Å². The van der Waals surface area contributed by atoms with Crippen LogP contribution < -0.4 is 11.0 Å². The standard InChI is InChI=1S/C21H17ClN4O3/c1-12-3-2-9-26-18(12)24-19-16(20(26)27)11-15(21(28)29)17(23)25(19)10-8-13-4-6-14(22)7-5-13/h2-7,9,11,23H,8,10H2,1H3,(H,28,29). The zero-order valence-corrected chi connectivity index (χ0v) is 16.3. The zero-order chi connectivity index (χ0) is 20.7. The first-order valence-corrected chi connectivity index (χ1v) is 9.32. The maximum atomic E-state index is 13.0. The highest BCUT2D eigenvalue weighted by Crippen LogP contribution is 2.14. The fourth-order valence-electron chi connectivity index (χ4n) is 3.37. The van der Waals surface area contributed by atoms with Gasteiger partial charge in [0.1, 0.15) is 22.3 Å². The first-order valence-electron chi connectivity index (χ1n) is 8.94. The SMILES string of the molecule is Cc1cccn2c(=O)c3cc(C(=O)O)c(=N)n(CCc4ccc(Cl)cc4)c3nc12. The summed E-state index contributed by atoms with van der Waals surface area (Å²) in [6.45, 7) is 2.14. The molecule has 3 heterocycles. The van der Waals surface area contributed by atoms with Gasteiger partial charge in [0.25, 0.3) is 5.56 Å². The molecule has 2 N–H and O–H groups in total. The van der Waals surface area contributed by atoms with E-state index in [4.69, 9.17) is 17.0 Å². The van der Waals surface area contributed by atoms with Gasteiger partial charge >= 0.3 is 5.97 Å². The third-order valence-electron chi connectivity index (χ3n) is 4.90. The number of benzene rings is 1. The molecule has 0 aliphatic rings. The van der Waals surface area contributed by atoms with Crippen molar-refractivity contribution >= 4 is 34.3 Å². The number of hydrogen-bond acceptors (Lipinski definition) is 4. The van der Waals surface area contributed by atoms with Gasteiger partial charge in [-0.25, -0.2) is 9.78 Å². The number of fused-ring (bicyclic) bond motifs is 2. The Morgan fingerprint density at radius 3 is 2.62 bits per heavy atom. The van der Waals surface area contributed by atoms with Gasteiger partial charge in [-0.1, -0.05) is 29.8 Å². The van der Waals surface area contributed by atoms with Gasteiger partial charge in [0, 0.05) is 17.8 Å². The van der Waals surface area contributed by atoms with Gasteiger partial charge in [-0.2, -0.15) is 0 Å². The lowest BCUT2D eigenvalue weighted by atomic mass is 10.1. The predicted molar refractivity (Wildman–Crippen MR) is 110 cm³/mol. The third kappa shape index (κ3) is 3.30. The maximum absolute atomic E-state index is 13.0. The summed E-state index contributed by atoms with van der Waals surface area (Å²) < 4.78 is 2.89. The summed E-state index contributed by atoms with van der Waals surface area (Å²) in [7, 11) is 0. The molecule has 1 aromatic carbocycles. The van der Waals surface area contributed by atoms with Crippen molar-refractivity contribution in [2.45, 2.75) is 19.9 Å². The minimum atomic E-state index is -1.26. The minimum absolute atomic E-state index is 0.164. The number of hydrogen-bond donors (Lipinski definition) is 2. The molecule has 0 saturated carbocycles. The fourth-order valence-corrected chi connectivity index (χ4v) is 3.50. The van der Waals surface area contributed by atoms with Crippen LogP contribution >= 0.6 is 11.6 Å². The highest BCUT2D eigenvalue weighted by atomic mass is 35.5. The van der Waals surface area contributed by atoms with Gasteiger partial charge in [-0.05, 0) is 48.7 Å². The Morgan fingerprint density at radius 2 is 1.93 bits per heavy atom. The van der Waals surface area contributed by atoms with Crippen molar-refractivity contribution in [2.24, 2.45) is 0 Å². The average Bonchev–Trinajstić information content (AvgIpc) is 2.69. The number of nitrogens with one attached hydrogen (secondary N) is 1. The van der Waals surface area contributed by atoms with Crippen molar-refractivity contribution in [1.29, 1.82) is 5.41 Å². The summed E-state index contributed by atoms with van der Waals surface area (Å²) in [5, 5.41) is 18.7. The highest BCUT2D eigenvalue weighted by Gasteiger charge is 2.17. The number of nitrogens with zero attached hydrogens (tertiary/aromatic N) is 3. The van der Waals surface area contributed by atoms with Gasteiger partial charge in [0.15, 0.2) is 0 Å². The van der Waals surface area contributed by atoms with Gasteiger partial charge in [0.05, 0.1) is 5.39 Å². The molecule has 7 nitrogen and oxygen atoms in total. The maximum Gasteiger partial charge on any atom is 0.339 e. The summed E-state index contributed by atoms with van der Waals surface area (Å²) in [6.07, 6.45) is 2.13. The molecule has 146 valence electrons. The molecule has 3 aromatic heterocycles. The van der Waals surface area contributed by atoms with Crippen molar-refractivity contribution in [3.63, 3.8) is 0 Å². The fraction of sp³-hybridized carbons (Fsp3) is 0.143. The second-order valence-electron chi connectivity index (χ2n) is 6.78. The molecule has 0 radical (unpaired) electrons. The number of carbonyl (C=O) groups is 1. The topological polar surface area (TPSA) is 100 Å². The second-order valence-corrected chi connectivity index (χ2v) is 7.22. The van der Waals surface area contributed by atoms with Crippen LogP contribution in [0.2, 0.25) is 5.02 Å². The van der Waals surface area contributed by atoms with E-state index in [1.165, 1.54) is 15.0 Å². The highest BCUT2D eigenvalue weighted by molar-refractivity contribution is 6.30. The Kier molecular flexibility index (Phi) is 4.68. The molecule has 4 aromatic rings. The number of rotatable bonds is 4. The van der Waals surface area contributed by atoms with Crippen molar-refractivity contribution in [1.82, 2.24) is 14.0 Å². The number of pyridine rings is 2. The smallest absolute Gasteiger partial charge is 0.339 e. The van der Waals surface area contributed by atoms with E-state index in [1.807, 2.05) is 25.1 Å². The molecule has 0 saturated heterocycles. The van der Waals surface area contributed by atoms with Crippen LogP contribution in [0, 0.1) is 12.3 Å². The Morgan fingerprint density at radius 1 is 1.21 bits per heavy atom. The van der Waals surface area contributed by atoms with Crippen molar-refractivity contribution in [2.75, 3.05) is 0 Å². The molecule has 0 aliphatic heterocycles. The molecule has 0 aliphatic carbocycles. The Bertz CT molecular complexity index is 1390. The molecule has 0 fully saturated rings. The first kappa shape index (κ1) is 18.9. The Labute approximate surface area is 170 Å². The van der Waals surface area contributed by atoms with E-state index in [1.54, 1.807) is 24.4 Å². The molecular formula is C21H17ClN4O3. The zero-order valence-electron chi connectivity index (χ0n) is 15.5. The number of aryl methyl sites for hydroxylation is 3. The number of carboxylic acids is 1. The van der Waals surface area contributed by atoms with Crippen LogP contribution in [0.4, 0.5) is 0 Å². The number of aromatic carboxylic acids is 1. The van der Waals surface area contributed by atoms with Crippen LogP contribution in [-0.4, -0.2) is 25.0 Å². The summed E-state index contributed by atoms with van der Waals surface area (Å²) in [6, 6.07) is 12.1. The van der Waals surface area contributed by atoms with E-state index in [-0.39, 0.29) is 22.0 Å². The van der Waals surface area contributed by atoms with Crippen molar-refractivity contribution in [3.05, 3.63) is 86.2 Å². The lowest BCUT2D eigenvalue weighted by Crippen LogP contribution is -2.30. The summed E-state index contributed by atoms with van der Waals surface area (Å²) >= 11 is 5.93. The lowest BCUT2D eigenvalue weighted by molar-refractivity contribution is 0.0694. The van der Waals surface area contributed by atoms with E-state index in [2.05, 4.69) is 4.98 Å². The largest absolute Gasteiger partial charge is 0.478 e. The minimum Gasteiger partial charge on any atom is -0.478 e. The van der Waals surface area contributed by atoms with Gasteiger partial charge in [-0.15, -0.1) is 0 Å². The van der Waals surface area contributed by atoms with Crippen LogP contribution in [0.3, 0.4) is 0 Å². The Balaban J connectivity index is 1.98. The third-order valence-corrected chi connectivity index (χ3v) is 5.15. The molecular weight excluding hydrogens is 392 g/mol. The molecule has 4 rings (SSSR count). The Hall–Kier alpha value is -3.45. The van der Waals surface area contributed by atoms with Gasteiger partial charge < -0.3 is 9.67 Å². The quantitative estimate of drug-likeness (QED) is 0.507. The first-order chi connectivity index (χ1) is 13.9. The van der Waals surface area contributed by atoms with Crippen LogP contribution in [0.5, 0.6) is 0 Å². The normalized spacial score (nSPS) is 11.2. The van der Waals surface area contributed by atoms with Crippen molar-refractivity contribution in [3.8, 4) is 0 Å². The second kappa shape index (κ2) is 7.18. The van der Waals surface area contributed by atoms with E-state index in [0.717, 1.165) is 11.1 Å². The monoisotopic (exact) mass is 408 g/mol. The lowest BCUT2D eigenvalue weighted by Gasteiger charge is -2.14. The molecule has 0 spiro atoms. The predicted octanol–water partition coefficient (Wildman–Crippen LogP) is 3.03. The van der Waals surface area contributed by atoms with Crippen LogP contribution in [0.1, 0.15) is 21.5 Å². The summed E-state index contributed by atoms with van der Waals surface area (Å²) in [5.74, 6) is -1.26. The van der Waals surface area contributed by atoms with E-state index >= 15 is 0 Å². The van der Waals surface area contributed by atoms with Gasteiger partial charge in [0.2, 0.25) is 0 Å². The van der Waals surface area contributed by atoms with E-state index in [0.29, 0.717) is 29.3 Å². The van der Waals surface area contributed by atoms with E-state index in [9.17, 15) is 14.7 Å². The number of carboxylic acid groups (broad SMARTS) is 1. The summed E-state index contributed by atoms with van der Waals surface area (Å²) in [4.78, 5) is 29.3.